The van der Waals surface area contributed by atoms with Gasteiger partial charge in [0.1, 0.15) is 5.82 Å². The van der Waals surface area contributed by atoms with E-state index in [-0.39, 0.29) is 55.2 Å². The third kappa shape index (κ3) is 6.76. The van der Waals surface area contributed by atoms with Crippen LogP contribution in [-0.4, -0.2) is 54.4 Å². The summed E-state index contributed by atoms with van der Waals surface area (Å²) in [6, 6.07) is 9.63. The topological polar surface area (TPSA) is 86.4 Å². The molecule has 1 aromatic heterocycles. The standard InChI is InChI=1S/C21H26FN5O2.ClH/c1-15(16-4-6-18(22)7-5-16)26-20(28)13-25-21(29)14-27-10-9-24-12-19(27)17-3-2-8-23-11-17;/h2-8,11,15,19,24H,9-10,12-14H2,1H3,(H,25,29)(H,26,28);1H. The zero-order valence-electron chi connectivity index (χ0n) is 16.8. The average Bonchev–Trinajstić information content (AvgIpc) is 2.74. The van der Waals surface area contributed by atoms with E-state index in [1.54, 1.807) is 18.3 Å². The lowest BCUT2D eigenvalue weighted by Crippen LogP contribution is -2.50. The lowest BCUT2D eigenvalue weighted by atomic mass is 10.1. The van der Waals surface area contributed by atoms with Gasteiger partial charge in [-0.3, -0.25) is 19.5 Å². The largest absolute Gasteiger partial charge is 0.348 e. The number of benzene rings is 1. The van der Waals surface area contributed by atoms with E-state index in [2.05, 4.69) is 25.8 Å². The Balaban J connectivity index is 0.00000320. The number of piperazine rings is 1. The first kappa shape index (κ1) is 23.7. The monoisotopic (exact) mass is 435 g/mol. The summed E-state index contributed by atoms with van der Waals surface area (Å²) in [6.07, 6.45) is 3.54. The summed E-state index contributed by atoms with van der Waals surface area (Å²) < 4.78 is 13.0. The zero-order chi connectivity index (χ0) is 20.6. The van der Waals surface area contributed by atoms with Crippen molar-refractivity contribution in [1.29, 1.82) is 0 Å². The molecule has 2 unspecified atom stereocenters. The first-order valence-corrected chi connectivity index (χ1v) is 9.69. The maximum absolute atomic E-state index is 13.0. The number of pyridine rings is 1. The van der Waals surface area contributed by atoms with Crippen molar-refractivity contribution >= 4 is 24.2 Å². The van der Waals surface area contributed by atoms with Crippen LogP contribution >= 0.6 is 12.4 Å². The Morgan fingerprint density at radius 2 is 2.03 bits per heavy atom. The molecule has 9 heteroatoms. The number of carbonyl (C=O) groups is 2. The fourth-order valence-electron chi connectivity index (χ4n) is 3.38. The van der Waals surface area contributed by atoms with Crippen LogP contribution in [0.2, 0.25) is 0 Å². The van der Waals surface area contributed by atoms with Gasteiger partial charge in [0.25, 0.3) is 0 Å². The Kier molecular flexibility index (Phi) is 9.16. The van der Waals surface area contributed by atoms with Crippen molar-refractivity contribution in [2.75, 3.05) is 32.7 Å². The number of nitrogens with one attached hydrogen (secondary N) is 3. The smallest absolute Gasteiger partial charge is 0.239 e. The molecule has 0 aliphatic carbocycles. The van der Waals surface area contributed by atoms with Gasteiger partial charge in [-0.15, -0.1) is 12.4 Å². The lowest BCUT2D eigenvalue weighted by molar-refractivity contribution is -0.127. The van der Waals surface area contributed by atoms with Crippen LogP contribution in [0.5, 0.6) is 0 Å². The van der Waals surface area contributed by atoms with Crippen molar-refractivity contribution in [3.05, 3.63) is 65.7 Å². The van der Waals surface area contributed by atoms with Crippen LogP contribution in [0.25, 0.3) is 0 Å². The van der Waals surface area contributed by atoms with Crippen molar-refractivity contribution in [3.8, 4) is 0 Å². The molecular formula is C21H27ClFN5O2. The van der Waals surface area contributed by atoms with Gasteiger partial charge < -0.3 is 16.0 Å². The third-order valence-electron chi connectivity index (χ3n) is 4.96. The second-order valence-corrected chi connectivity index (χ2v) is 7.09. The minimum Gasteiger partial charge on any atom is -0.348 e. The summed E-state index contributed by atoms with van der Waals surface area (Å²) in [4.78, 5) is 30.8. The van der Waals surface area contributed by atoms with Crippen LogP contribution in [0.4, 0.5) is 4.39 Å². The Morgan fingerprint density at radius 3 is 2.73 bits per heavy atom. The number of nitrogens with zero attached hydrogens (tertiary/aromatic N) is 2. The van der Waals surface area contributed by atoms with E-state index in [1.807, 2.05) is 25.3 Å². The fraction of sp³-hybridized carbons (Fsp3) is 0.381. The second kappa shape index (κ2) is 11.6. The molecule has 1 aromatic carbocycles. The van der Waals surface area contributed by atoms with Gasteiger partial charge in [-0.25, -0.2) is 4.39 Å². The predicted octanol–water partition coefficient (Wildman–Crippen LogP) is 1.58. The number of halogens is 2. The van der Waals surface area contributed by atoms with Crippen LogP contribution in [-0.2, 0) is 9.59 Å². The highest BCUT2D eigenvalue weighted by molar-refractivity contribution is 5.86. The average molecular weight is 436 g/mol. The van der Waals surface area contributed by atoms with Crippen LogP contribution in [0.1, 0.15) is 30.1 Å². The summed E-state index contributed by atoms with van der Waals surface area (Å²) in [5, 5.41) is 8.82. The van der Waals surface area contributed by atoms with Gasteiger partial charge in [-0.1, -0.05) is 18.2 Å². The Labute approximate surface area is 181 Å². The molecular weight excluding hydrogens is 409 g/mol. The Morgan fingerprint density at radius 1 is 1.27 bits per heavy atom. The van der Waals surface area contributed by atoms with Crippen LogP contribution in [0, 0.1) is 5.82 Å². The molecule has 0 bridgehead atoms. The number of hydrogen-bond donors (Lipinski definition) is 3. The molecule has 2 aromatic rings. The van der Waals surface area contributed by atoms with Gasteiger partial charge in [-0.05, 0) is 36.2 Å². The Bertz CT molecular complexity index is 822. The molecule has 1 aliphatic heterocycles. The number of amides is 2. The molecule has 0 saturated carbocycles. The zero-order valence-corrected chi connectivity index (χ0v) is 17.6. The van der Waals surface area contributed by atoms with Gasteiger partial charge in [-0.2, -0.15) is 0 Å². The number of aromatic nitrogens is 1. The maximum atomic E-state index is 13.0. The SMILES string of the molecule is CC(NC(=O)CNC(=O)CN1CCNCC1c1cccnc1)c1ccc(F)cc1.Cl. The van der Waals surface area contributed by atoms with E-state index in [4.69, 9.17) is 0 Å². The second-order valence-electron chi connectivity index (χ2n) is 7.09. The van der Waals surface area contributed by atoms with Crippen molar-refractivity contribution in [2.24, 2.45) is 0 Å². The van der Waals surface area contributed by atoms with Gasteiger partial charge in [0, 0.05) is 38.1 Å². The molecule has 7 nitrogen and oxygen atoms in total. The highest BCUT2D eigenvalue weighted by Gasteiger charge is 2.25. The van der Waals surface area contributed by atoms with Crippen molar-refractivity contribution < 1.29 is 14.0 Å². The highest BCUT2D eigenvalue weighted by atomic mass is 35.5. The maximum Gasteiger partial charge on any atom is 0.239 e. The predicted molar refractivity (Wildman–Crippen MR) is 115 cm³/mol. The van der Waals surface area contributed by atoms with Crippen LogP contribution in [0.15, 0.2) is 48.8 Å². The van der Waals surface area contributed by atoms with Crippen molar-refractivity contribution in [3.63, 3.8) is 0 Å². The molecule has 3 N–H and O–H groups in total. The summed E-state index contributed by atoms with van der Waals surface area (Å²) >= 11 is 0. The number of carbonyl (C=O) groups excluding carboxylic acids is 2. The van der Waals surface area contributed by atoms with E-state index in [9.17, 15) is 14.0 Å². The molecule has 2 amide bonds. The minimum absolute atomic E-state index is 0. The molecule has 1 aliphatic rings. The van der Waals surface area contributed by atoms with Gasteiger partial charge in [0.2, 0.25) is 11.8 Å². The molecule has 3 rings (SSSR count). The van der Waals surface area contributed by atoms with E-state index in [0.29, 0.717) is 0 Å². The number of rotatable bonds is 7. The Hall–Kier alpha value is -2.55. The van der Waals surface area contributed by atoms with Gasteiger partial charge in [0.15, 0.2) is 0 Å². The van der Waals surface area contributed by atoms with E-state index in [0.717, 1.165) is 30.8 Å². The normalized spacial score (nSPS) is 17.5. The van der Waals surface area contributed by atoms with E-state index < -0.39 is 0 Å². The molecule has 0 spiro atoms. The third-order valence-corrected chi connectivity index (χ3v) is 4.96. The molecule has 1 fully saturated rings. The van der Waals surface area contributed by atoms with Crippen LogP contribution < -0.4 is 16.0 Å². The van der Waals surface area contributed by atoms with Crippen LogP contribution in [0.3, 0.4) is 0 Å². The van der Waals surface area contributed by atoms with Gasteiger partial charge in [0.05, 0.1) is 19.1 Å². The van der Waals surface area contributed by atoms with E-state index in [1.165, 1.54) is 12.1 Å². The highest BCUT2D eigenvalue weighted by Crippen LogP contribution is 2.20. The summed E-state index contributed by atoms with van der Waals surface area (Å²) in [6.45, 7) is 4.21. The van der Waals surface area contributed by atoms with Gasteiger partial charge >= 0.3 is 0 Å². The summed E-state index contributed by atoms with van der Waals surface area (Å²) in [7, 11) is 0. The fourth-order valence-corrected chi connectivity index (χ4v) is 3.38. The molecule has 0 radical (unpaired) electrons. The molecule has 162 valence electrons. The lowest BCUT2D eigenvalue weighted by Gasteiger charge is -2.35. The molecule has 2 atom stereocenters. The van der Waals surface area contributed by atoms with Crippen molar-refractivity contribution in [2.45, 2.75) is 19.0 Å². The first-order valence-electron chi connectivity index (χ1n) is 9.69. The quantitative estimate of drug-likeness (QED) is 0.614. The van der Waals surface area contributed by atoms with Crippen molar-refractivity contribution in [1.82, 2.24) is 25.8 Å². The minimum atomic E-state index is -0.322. The van der Waals surface area contributed by atoms with E-state index >= 15 is 0 Å². The molecule has 1 saturated heterocycles. The summed E-state index contributed by atoms with van der Waals surface area (Å²) in [5.74, 6) is -0.818. The summed E-state index contributed by atoms with van der Waals surface area (Å²) in [5.41, 5.74) is 1.85. The number of hydrogen-bond acceptors (Lipinski definition) is 5. The first-order chi connectivity index (χ1) is 14.0. The molecule has 30 heavy (non-hydrogen) atoms. The molecule has 2 heterocycles.